The number of hydrogen-bond acceptors (Lipinski definition) is 2. The number of nitrogens with zero attached hydrogens (tertiary/aromatic N) is 4. The van der Waals surface area contributed by atoms with E-state index in [-0.39, 0.29) is 0 Å². The van der Waals surface area contributed by atoms with Crippen molar-refractivity contribution in [3.8, 4) is 45.0 Å². The monoisotopic (exact) mass is 610 g/mol. The van der Waals surface area contributed by atoms with E-state index in [1.165, 1.54) is 65.5 Å². The molecule has 0 saturated heterocycles. The Hall–Kier alpha value is -6.52. The van der Waals surface area contributed by atoms with Gasteiger partial charge in [-0.2, -0.15) is 0 Å². The van der Waals surface area contributed by atoms with Crippen molar-refractivity contribution in [3.05, 3.63) is 158 Å². The van der Waals surface area contributed by atoms with Gasteiger partial charge >= 0.3 is 0 Å². The third-order valence-corrected chi connectivity index (χ3v) is 10.1. The van der Waals surface area contributed by atoms with Crippen molar-refractivity contribution >= 4 is 54.4 Å². The topological polar surface area (TPSA) is 35.6 Å². The maximum absolute atomic E-state index is 4.90. The van der Waals surface area contributed by atoms with E-state index in [0.29, 0.717) is 0 Å². The van der Waals surface area contributed by atoms with E-state index in [1.54, 1.807) is 6.33 Å². The van der Waals surface area contributed by atoms with Crippen LogP contribution < -0.4 is 0 Å². The summed E-state index contributed by atoms with van der Waals surface area (Å²) in [5.41, 5.74) is 13.6. The van der Waals surface area contributed by atoms with Gasteiger partial charge in [-0.25, -0.2) is 9.97 Å². The Bertz CT molecular complexity index is 2900. The van der Waals surface area contributed by atoms with Crippen molar-refractivity contribution in [1.29, 1.82) is 0 Å². The summed E-state index contributed by atoms with van der Waals surface area (Å²) in [6.07, 6.45) is 1.71. The summed E-state index contributed by atoms with van der Waals surface area (Å²) in [5.74, 6) is 0. The Balaban J connectivity index is 1.12. The second kappa shape index (κ2) is 9.50. The third-order valence-electron chi connectivity index (χ3n) is 10.1. The number of benzene rings is 7. The van der Waals surface area contributed by atoms with Crippen LogP contribution in [0, 0.1) is 0 Å². The summed E-state index contributed by atoms with van der Waals surface area (Å²) in [6.45, 7) is 0. The normalized spacial score (nSPS) is 12.2. The van der Waals surface area contributed by atoms with Crippen molar-refractivity contribution in [2.45, 2.75) is 0 Å². The van der Waals surface area contributed by atoms with Crippen LogP contribution in [-0.2, 0) is 0 Å². The Labute approximate surface area is 275 Å². The molecule has 10 aromatic rings. The molecule has 48 heavy (non-hydrogen) atoms. The minimum absolute atomic E-state index is 0.958. The molecule has 0 radical (unpaired) electrons. The molecule has 3 aromatic heterocycles. The van der Waals surface area contributed by atoms with Crippen LogP contribution in [0.1, 0.15) is 0 Å². The van der Waals surface area contributed by atoms with Gasteiger partial charge in [-0.15, -0.1) is 0 Å². The molecule has 7 aromatic carbocycles. The van der Waals surface area contributed by atoms with Gasteiger partial charge in [-0.1, -0.05) is 103 Å². The van der Waals surface area contributed by atoms with E-state index in [0.717, 1.165) is 33.9 Å². The summed E-state index contributed by atoms with van der Waals surface area (Å²) in [5, 5.41) is 7.47. The summed E-state index contributed by atoms with van der Waals surface area (Å²) in [6, 6.07) is 54.8. The van der Waals surface area contributed by atoms with Crippen LogP contribution in [0.25, 0.3) is 99.4 Å². The van der Waals surface area contributed by atoms with Crippen molar-refractivity contribution in [2.75, 3.05) is 0 Å². The van der Waals surface area contributed by atoms with Gasteiger partial charge in [0.25, 0.3) is 0 Å². The summed E-state index contributed by atoms with van der Waals surface area (Å²) in [7, 11) is 0. The fourth-order valence-corrected chi connectivity index (χ4v) is 8.18. The number of hydrogen-bond donors (Lipinski definition) is 0. The van der Waals surface area contributed by atoms with Gasteiger partial charge in [-0.05, 0) is 64.9 Å². The summed E-state index contributed by atoms with van der Waals surface area (Å²) in [4.78, 5) is 9.69. The molecule has 3 heterocycles. The molecule has 0 spiro atoms. The molecule has 1 aliphatic rings. The highest BCUT2D eigenvalue weighted by Gasteiger charge is 2.26. The second-order valence-corrected chi connectivity index (χ2v) is 12.6. The van der Waals surface area contributed by atoms with Gasteiger partial charge < -0.3 is 9.13 Å². The molecule has 0 N–H and O–H groups in total. The predicted octanol–water partition coefficient (Wildman–Crippen LogP) is 11.1. The van der Waals surface area contributed by atoms with Crippen LogP contribution in [0.15, 0.2) is 158 Å². The van der Waals surface area contributed by atoms with Gasteiger partial charge in [-0.3, -0.25) is 0 Å². The van der Waals surface area contributed by atoms with E-state index in [4.69, 9.17) is 9.97 Å². The Kier molecular flexibility index (Phi) is 5.08. The van der Waals surface area contributed by atoms with Crippen molar-refractivity contribution < 1.29 is 0 Å². The summed E-state index contributed by atoms with van der Waals surface area (Å²) < 4.78 is 4.78. The molecule has 0 fully saturated rings. The van der Waals surface area contributed by atoms with Gasteiger partial charge in [0, 0.05) is 49.6 Å². The van der Waals surface area contributed by atoms with Crippen LogP contribution in [0.5, 0.6) is 0 Å². The first-order valence-electron chi connectivity index (χ1n) is 16.3. The molecule has 4 nitrogen and oxygen atoms in total. The van der Waals surface area contributed by atoms with Crippen LogP contribution in [0.3, 0.4) is 0 Å². The quantitative estimate of drug-likeness (QED) is 0.199. The highest BCUT2D eigenvalue weighted by atomic mass is 15.0. The molecule has 0 atom stereocenters. The van der Waals surface area contributed by atoms with E-state index in [2.05, 4.69) is 161 Å². The van der Waals surface area contributed by atoms with Crippen LogP contribution in [-0.4, -0.2) is 19.1 Å². The highest BCUT2D eigenvalue weighted by Crippen LogP contribution is 2.49. The standard InChI is InChI=1S/C44H26N4/c1-4-19-37-31(14-1)32-15-2-5-20-38(32)48(37)30-22-23-40-36(25-30)33-16-3-6-21-39(33)47(40)29-13-7-12-28(24-29)43-42-34-17-8-10-27-11-9-18-35(41(27)34)44(42)46-26-45-43/h1-26H. The Morgan fingerprint density at radius 1 is 0.396 bits per heavy atom. The molecule has 11 rings (SSSR count). The number of aromatic nitrogens is 4. The lowest BCUT2D eigenvalue weighted by Gasteiger charge is -2.13. The average molecular weight is 611 g/mol. The lowest BCUT2D eigenvalue weighted by molar-refractivity contribution is 1.16. The van der Waals surface area contributed by atoms with Crippen LogP contribution in [0.4, 0.5) is 0 Å². The minimum Gasteiger partial charge on any atom is -0.309 e. The lowest BCUT2D eigenvalue weighted by atomic mass is 9.99. The maximum atomic E-state index is 4.90. The fraction of sp³-hybridized carbons (Fsp3) is 0. The predicted molar refractivity (Wildman–Crippen MR) is 198 cm³/mol. The van der Waals surface area contributed by atoms with Gasteiger partial charge in [0.1, 0.15) is 6.33 Å². The van der Waals surface area contributed by atoms with E-state index >= 15 is 0 Å². The zero-order chi connectivity index (χ0) is 31.3. The first-order valence-corrected chi connectivity index (χ1v) is 16.3. The van der Waals surface area contributed by atoms with Gasteiger partial charge in [0.05, 0.1) is 33.5 Å². The first kappa shape index (κ1) is 25.6. The Morgan fingerprint density at radius 3 is 1.67 bits per heavy atom. The van der Waals surface area contributed by atoms with Crippen molar-refractivity contribution in [2.24, 2.45) is 0 Å². The number of para-hydroxylation sites is 3. The van der Waals surface area contributed by atoms with Gasteiger partial charge in [0.2, 0.25) is 0 Å². The molecule has 222 valence electrons. The molecule has 0 saturated carbocycles. The van der Waals surface area contributed by atoms with Crippen LogP contribution >= 0.6 is 0 Å². The number of rotatable bonds is 3. The zero-order valence-corrected chi connectivity index (χ0v) is 25.8. The zero-order valence-electron chi connectivity index (χ0n) is 25.8. The smallest absolute Gasteiger partial charge is 0.116 e. The molecule has 0 aliphatic heterocycles. The largest absolute Gasteiger partial charge is 0.309 e. The fourth-order valence-electron chi connectivity index (χ4n) is 8.18. The lowest BCUT2D eigenvalue weighted by Crippen LogP contribution is -1.97. The van der Waals surface area contributed by atoms with E-state index in [9.17, 15) is 0 Å². The molecular weight excluding hydrogens is 585 g/mol. The minimum atomic E-state index is 0.958. The molecule has 0 unspecified atom stereocenters. The molecular formula is C44H26N4. The van der Waals surface area contributed by atoms with Gasteiger partial charge in [0.15, 0.2) is 0 Å². The van der Waals surface area contributed by atoms with E-state index in [1.807, 2.05) is 0 Å². The number of fused-ring (bicyclic) bond motifs is 9. The Morgan fingerprint density at radius 2 is 0.958 bits per heavy atom. The SMILES string of the molecule is c1cc(-c2ncnc3c2-c2cccc4cccc-3c24)cc(-n2c3ccccc3c3cc(-n4c5ccccc5c5ccccc54)ccc32)c1. The molecule has 4 heteroatoms. The first-order chi connectivity index (χ1) is 23.8. The highest BCUT2D eigenvalue weighted by molar-refractivity contribution is 6.17. The van der Waals surface area contributed by atoms with Crippen molar-refractivity contribution in [1.82, 2.24) is 19.1 Å². The second-order valence-electron chi connectivity index (χ2n) is 12.6. The maximum Gasteiger partial charge on any atom is 0.116 e. The van der Waals surface area contributed by atoms with E-state index < -0.39 is 0 Å². The summed E-state index contributed by atoms with van der Waals surface area (Å²) >= 11 is 0. The average Bonchev–Trinajstić information content (AvgIpc) is 3.79. The molecule has 1 aliphatic carbocycles. The van der Waals surface area contributed by atoms with Crippen LogP contribution in [0.2, 0.25) is 0 Å². The molecule has 0 bridgehead atoms. The van der Waals surface area contributed by atoms with Crippen molar-refractivity contribution in [3.63, 3.8) is 0 Å². The third kappa shape index (κ3) is 3.38. The molecule has 0 amide bonds.